The maximum atomic E-state index is 13.8. The molecule has 1 amide bonds. The van der Waals surface area contributed by atoms with Gasteiger partial charge in [-0.3, -0.25) is 14.9 Å². The lowest BCUT2D eigenvalue weighted by Crippen LogP contribution is -2.38. The maximum absolute atomic E-state index is 13.8. The van der Waals surface area contributed by atoms with Crippen molar-refractivity contribution in [1.29, 1.82) is 0 Å². The summed E-state index contributed by atoms with van der Waals surface area (Å²) in [6.07, 6.45) is 4.53. The number of hydrazine groups is 1. The molecule has 2 aliphatic rings. The lowest BCUT2D eigenvalue weighted by atomic mass is 9.87. The number of benzene rings is 2. The number of aliphatic hydroxyl groups excluding tert-OH is 1. The number of nitrogen functional groups attached to an aromatic ring is 1. The van der Waals surface area contributed by atoms with Gasteiger partial charge in [-0.05, 0) is 79.0 Å². The number of anilines is 1. The number of likely N-dealkylation sites (tertiary alicyclic amines) is 1. The average Bonchev–Trinajstić information content (AvgIpc) is 2.86. The van der Waals surface area contributed by atoms with E-state index < -0.39 is 5.91 Å². The number of piperidine rings is 2. The van der Waals surface area contributed by atoms with Gasteiger partial charge in [-0.25, -0.2) is 4.39 Å². The molecule has 2 heterocycles. The van der Waals surface area contributed by atoms with Crippen molar-refractivity contribution in [2.24, 2.45) is 17.5 Å². The standard InChI is InChI=1S/C26H36FN5O2S/c27-22-3-1-2-19(16-22)20-15-21(25(30-29)24(17-20)26(28)34)14-18-4-10-32(11-5-18)35-13-12-31-8-6-23(33)7-9-31/h1-3,15-18,23,30,33H,4-14,29H2,(H2,28,34). The summed E-state index contributed by atoms with van der Waals surface area (Å²) in [7, 11) is 0. The molecule has 2 fully saturated rings. The fourth-order valence-corrected chi connectivity index (χ4v) is 6.13. The van der Waals surface area contributed by atoms with E-state index in [2.05, 4.69) is 14.6 Å². The summed E-state index contributed by atoms with van der Waals surface area (Å²) in [5.41, 5.74) is 11.6. The fraction of sp³-hybridized carbons (Fsp3) is 0.500. The molecular weight excluding hydrogens is 465 g/mol. The third kappa shape index (κ3) is 6.95. The second-order valence-corrected chi connectivity index (χ2v) is 10.7. The second-order valence-electron chi connectivity index (χ2n) is 9.56. The summed E-state index contributed by atoms with van der Waals surface area (Å²) in [4.78, 5) is 14.6. The zero-order chi connectivity index (χ0) is 24.8. The first-order valence-corrected chi connectivity index (χ1v) is 13.3. The quantitative estimate of drug-likeness (QED) is 0.237. The van der Waals surface area contributed by atoms with E-state index in [4.69, 9.17) is 11.6 Å². The SMILES string of the molecule is NNc1c(CC2CCN(SCCN3CCC(O)CC3)CC2)cc(-c2cccc(F)c2)cc1C(N)=O. The largest absolute Gasteiger partial charge is 0.393 e. The molecule has 0 aromatic heterocycles. The smallest absolute Gasteiger partial charge is 0.250 e. The van der Waals surface area contributed by atoms with Crippen LogP contribution in [0.3, 0.4) is 0 Å². The van der Waals surface area contributed by atoms with Crippen LogP contribution in [0.2, 0.25) is 0 Å². The van der Waals surface area contributed by atoms with Gasteiger partial charge in [0.15, 0.2) is 0 Å². The highest BCUT2D eigenvalue weighted by atomic mass is 32.2. The number of nitrogens with one attached hydrogen (secondary N) is 1. The number of halogens is 1. The van der Waals surface area contributed by atoms with Crippen LogP contribution in [0.1, 0.15) is 41.6 Å². The molecule has 0 unspecified atom stereocenters. The molecular formula is C26H36FN5O2S. The van der Waals surface area contributed by atoms with Gasteiger partial charge in [-0.15, -0.1) is 0 Å². The van der Waals surface area contributed by atoms with Crippen molar-refractivity contribution in [2.45, 2.75) is 38.2 Å². The average molecular weight is 502 g/mol. The van der Waals surface area contributed by atoms with E-state index in [1.165, 1.54) is 12.1 Å². The van der Waals surface area contributed by atoms with E-state index in [9.17, 15) is 14.3 Å². The molecule has 0 aliphatic carbocycles. The maximum Gasteiger partial charge on any atom is 0.250 e. The van der Waals surface area contributed by atoms with Crippen LogP contribution in [-0.4, -0.2) is 64.8 Å². The van der Waals surface area contributed by atoms with Gasteiger partial charge in [-0.1, -0.05) is 24.1 Å². The number of carbonyl (C=O) groups excluding carboxylic acids is 1. The van der Waals surface area contributed by atoms with E-state index in [0.29, 0.717) is 22.7 Å². The fourth-order valence-electron chi connectivity index (χ4n) is 5.06. The zero-order valence-corrected chi connectivity index (χ0v) is 20.9. The summed E-state index contributed by atoms with van der Waals surface area (Å²) in [5, 5.41) is 9.66. The van der Waals surface area contributed by atoms with Crippen LogP contribution >= 0.6 is 11.9 Å². The number of aliphatic hydroxyl groups is 1. The van der Waals surface area contributed by atoms with Crippen molar-refractivity contribution in [3.05, 3.63) is 53.3 Å². The summed E-state index contributed by atoms with van der Waals surface area (Å²) in [5.74, 6) is 6.45. The molecule has 2 aromatic rings. The number of nitrogens with zero attached hydrogens (tertiary/aromatic N) is 2. The highest BCUT2D eigenvalue weighted by molar-refractivity contribution is 7.97. The number of amides is 1. The Morgan fingerprint density at radius 1 is 1.09 bits per heavy atom. The topological polar surface area (TPSA) is 108 Å². The molecule has 0 radical (unpaired) electrons. The summed E-state index contributed by atoms with van der Waals surface area (Å²) in [6, 6.07) is 10.0. The highest BCUT2D eigenvalue weighted by Gasteiger charge is 2.24. The number of carbonyl (C=O) groups is 1. The van der Waals surface area contributed by atoms with E-state index in [1.54, 1.807) is 12.1 Å². The van der Waals surface area contributed by atoms with Crippen molar-refractivity contribution < 1.29 is 14.3 Å². The second kappa shape index (κ2) is 12.2. The van der Waals surface area contributed by atoms with Crippen LogP contribution in [-0.2, 0) is 6.42 Å². The van der Waals surface area contributed by atoms with Gasteiger partial charge >= 0.3 is 0 Å². The lowest BCUT2D eigenvalue weighted by molar-refractivity contribution is 0.0856. The molecule has 9 heteroatoms. The molecule has 4 rings (SSSR count). The van der Waals surface area contributed by atoms with Crippen LogP contribution in [0, 0.1) is 11.7 Å². The molecule has 7 nitrogen and oxygen atoms in total. The van der Waals surface area contributed by atoms with E-state index >= 15 is 0 Å². The number of nitrogens with two attached hydrogens (primary N) is 2. The van der Waals surface area contributed by atoms with Crippen molar-refractivity contribution in [3.8, 4) is 11.1 Å². The Hall–Kier alpha value is -2.17. The van der Waals surface area contributed by atoms with Gasteiger partial charge in [0.05, 0.1) is 17.4 Å². The van der Waals surface area contributed by atoms with Crippen LogP contribution in [0.15, 0.2) is 36.4 Å². The Morgan fingerprint density at radius 3 is 2.49 bits per heavy atom. The highest BCUT2D eigenvalue weighted by Crippen LogP contribution is 2.33. The molecule has 2 saturated heterocycles. The van der Waals surface area contributed by atoms with Gasteiger partial charge in [0.25, 0.3) is 5.91 Å². The Morgan fingerprint density at radius 2 is 1.83 bits per heavy atom. The first-order valence-electron chi connectivity index (χ1n) is 12.4. The molecule has 35 heavy (non-hydrogen) atoms. The van der Waals surface area contributed by atoms with Gasteiger partial charge in [0.2, 0.25) is 0 Å². The molecule has 0 bridgehead atoms. The van der Waals surface area contributed by atoms with E-state index in [1.807, 2.05) is 24.1 Å². The summed E-state index contributed by atoms with van der Waals surface area (Å²) >= 11 is 1.92. The van der Waals surface area contributed by atoms with Crippen molar-refractivity contribution in [2.75, 3.05) is 43.9 Å². The Balaban J connectivity index is 1.36. The third-order valence-electron chi connectivity index (χ3n) is 7.11. The van der Waals surface area contributed by atoms with Crippen molar-refractivity contribution in [3.63, 3.8) is 0 Å². The predicted molar refractivity (Wildman–Crippen MR) is 140 cm³/mol. The number of primary amides is 1. The number of hydrogen-bond acceptors (Lipinski definition) is 7. The van der Waals surface area contributed by atoms with Crippen LogP contribution in [0.4, 0.5) is 10.1 Å². The minimum atomic E-state index is -0.563. The molecule has 190 valence electrons. The van der Waals surface area contributed by atoms with Crippen LogP contribution in [0.25, 0.3) is 11.1 Å². The van der Waals surface area contributed by atoms with Gasteiger partial charge in [0, 0.05) is 38.5 Å². The van der Waals surface area contributed by atoms with E-state index in [-0.39, 0.29) is 11.9 Å². The first kappa shape index (κ1) is 25.9. The summed E-state index contributed by atoms with van der Waals surface area (Å²) < 4.78 is 16.3. The molecule has 0 saturated carbocycles. The van der Waals surface area contributed by atoms with Gasteiger partial charge < -0.3 is 21.2 Å². The monoisotopic (exact) mass is 501 g/mol. The summed E-state index contributed by atoms with van der Waals surface area (Å²) in [6.45, 7) is 5.08. The molecule has 0 atom stereocenters. The van der Waals surface area contributed by atoms with Crippen molar-refractivity contribution >= 4 is 23.5 Å². The van der Waals surface area contributed by atoms with Crippen LogP contribution in [0.5, 0.6) is 0 Å². The Kier molecular flexibility index (Phi) is 9.02. The molecule has 0 spiro atoms. The number of rotatable bonds is 9. The van der Waals surface area contributed by atoms with Crippen LogP contribution < -0.4 is 17.0 Å². The first-order chi connectivity index (χ1) is 16.9. The molecule has 6 N–H and O–H groups in total. The Bertz CT molecular complexity index is 1010. The molecule has 2 aliphatic heterocycles. The minimum Gasteiger partial charge on any atom is -0.393 e. The van der Waals surface area contributed by atoms with Crippen molar-refractivity contribution in [1.82, 2.24) is 9.21 Å². The third-order valence-corrected chi connectivity index (χ3v) is 8.20. The number of hydrogen-bond donors (Lipinski definition) is 4. The lowest BCUT2D eigenvalue weighted by Gasteiger charge is -2.33. The van der Waals surface area contributed by atoms with Gasteiger partial charge in [-0.2, -0.15) is 0 Å². The normalized spacial score (nSPS) is 18.6. The molecule has 2 aromatic carbocycles. The Labute approximate surface area is 211 Å². The zero-order valence-electron chi connectivity index (χ0n) is 20.1. The van der Waals surface area contributed by atoms with E-state index in [0.717, 1.165) is 81.7 Å². The minimum absolute atomic E-state index is 0.124. The van der Waals surface area contributed by atoms with Gasteiger partial charge in [0.1, 0.15) is 5.82 Å². The predicted octanol–water partition coefficient (Wildman–Crippen LogP) is 3.24.